The standard InChI is InChI=1S/C18H27N3O2/c1-2-3-5-11-16(15-9-6-4-7-10-15)20-17(22)14-21-13-8-12-19-18(21)23/h4,6-7,9-10,16H,2-3,5,8,11-14H2,1H3,(H,19,23)(H,20,22). The molecule has 1 aliphatic rings. The van der Waals surface area contributed by atoms with E-state index in [0.29, 0.717) is 13.1 Å². The normalized spacial score (nSPS) is 15.9. The predicted molar refractivity (Wildman–Crippen MR) is 91.1 cm³/mol. The highest BCUT2D eigenvalue weighted by molar-refractivity contribution is 5.84. The van der Waals surface area contributed by atoms with Crippen LogP contribution in [-0.2, 0) is 4.79 Å². The van der Waals surface area contributed by atoms with Gasteiger partial charge in [-0.2, -0.15) is 0 Å². The van der Waals surface area contributed by atoms with Gasteiger partial charge in [-0.1, -0.05) is 56.5 Å². The first-order chi connectivity index (χ1) is 11.2. The number of amides is 3. The van der Waals surface area contributed by atoms with E-state index >= 15 is 0 Å². The molecule has 1 aromatic rings. The summed E-state index contributed by atoms with van der Waals surface area (Å²) in [6.45, 7) is 3.64. The average Bonchev–Trinajstić information content (AvgIpc) is 2.57. The highest BCUT2D eigenvalue weighted by Crippen LogP contribution is 2.19. The lowest BCUT2D eigenvalue weighted by molar-refractivity contribution is -0.122. The Hall–Kier alpha value is -2.04. The molecule has 0 aliphatic carbocycles. The molecule has 2 N–H and O–H groups in total. The lowest BCUT2D eigenvalue weighted by Gasteiger charge is -2.28. The molecule has 0 bridgehead atoms. The zero-order chi connectivity index (χ0) is 16.5. The van der Waals surface area contributed by atoms with Crippen molar-refractivity contribution in [1.29, 1.82) is 0 Å². The van der Waals surface area contributed by atoms with Crippen molar-refractivity contribution in [2.45, 2.75) is 45.1 Å². The molecule has 126 valence electrons. The van der Waals surface area contributed by atoms with Gasteiger partial charge in [-0.05, 0) is 18.4 Å². The molecular formula is C18H27N3O2. The number of carbonyl (C=O) groups excluding carboxylic acids is 2. The smallest absolute Gasteiger partial charge is 0.317 e. The third kappa shape index (κ3) is 5.58. The Morgan fingerprint density at radius 1 is 1.30 bits per heavy atom. The summed E-state index contributed by atoms with van der Waals surface area (Å²) in [5.74, 6) is -0.0904. The summed E-state index contributed by atoms with van der Waals surface area (Å²) >= 11 is 0. The van der Waals surface area contributed by atoms with Crippen LogP contribution in [-0.4, -0.2) is 36.5 Å². The molecule has 5 heteroatoms. The number of urea groups is 1. The monoisotopic (exact) mass is 317 g/mol. The number of carbonyl (C=O) groups is 2. The zero-order valence-corrected chi connectivity index (χ0v) is 13.9. The lowest BCUT2D eigenvalue weighted by Crippen LogP contribution is -2.50. The molecule has 1 aromatic carbocycles. The van der Waals surface area contributed by atoms with Crippen LogP contribution < -0.4 is 10.6 Å². The van der Waals surface area contributed by atoms with E-state index in [1.165, 1.54) is 0 Å². The maximum atomic E-state index is 12.3. The number of unbranched alkanes of at least 4 members (excludes halogenated alkanes) is 2. The van der Waals surface area contributed by atoms with E-state index in [2.05, 4.69) is 17.6 Å². The Balaban J connectivity index is 1.93. The van der Waals surface area contributed by atoms with Crippen LogP contribution in [0.1, 0.15) is 50.6 Å². The summed E-state index contributed by atoms with van der Waals surface area (Å²) in [6, 6.07) is 9.93. The van der Waals surface area contributed by atoms with E-state index < -0.39 is 0 Å². The second kappa shape index (κ2) is 9.18. The number of hydrogen-bond donors (Lipinski definition) is 2. The van der Waals surface area contributed by atoms with Gasteiger partial charge >= 0.3 is 6.03 Å². The van der Waals surface area contributed by atoms with Gasteiger partial charge in [0.25, 0.3) is 0 Å². The fraction of sp³-hybridized carbons (Fsp3) is 0.556. The summed E-state index contributed by atoms with van der Waals surface area (Å²) in [6.07, 6.45) is 5.21. The minimum absolute atomic E-state index is 0.0168. The van der Waals surface area contributed by atoms with Gasteiger partial charge in [0.1, 0.15) is 6.54 Å². The highest BCUT2D eigenvalue weighted by atomic mass is 16.2. The fourth-order valence-electron chi connectivity index (χ4n) is 2.85. The van der Waals surface area contributed by atoms with Crippen LogP contribution >= 0.6 is 0 Å². The van der Waals surface area contributed by atoms with Crippen molar-refractivity contribution in [2.75, 3.05) is 19.6 Å². The van der Waals surface area contributed by atoms with Crippen molar-refractivity contribution in [1.82, 2.24) is 15.5 Å². The van der Waals surface area contributed by atoms with Gasteiger partial charge in [-0.15, -0.1) is 0 Å². The zero-order valence-electron chi connectivity index (χ0n) is 13.9. The molecule has 0 spiro atoms. The Bertz CT molecular complexity index is 504. The van der Waals surface area contributed by atoms with E-state index in [0.717, 1.165) is 37.7 Å². The van der Waals surface area contributed by atoms with Crippen LogP contribution in [0, 0.1) is 0 Å². The van der Waals surface area contributed by atoms with Crippen LogP contribution in [0.4, 0.5) is 4.79 Å². The number of rotatable bonds is 8. The third-order valence-electron chi connectivity index (χ3n) is 4.14. The minimum atomic E-state index is -0.145. The maximum Gasteiger partial charge on any atom is 0.317 e. The van der Waals surface area contributed by atoms with E-state index in [9.17, 15) is 9.59 Å². The molecule has 1 atom stereocenters. The van der Waals surface area contributed by atoms with Crippen molar-refractivity contribution in [3.8, 4) is 0 Å². The Morgan fingerprint density at radius 3 is 2.78 bits per heavy atom. The SMILES string of the molecule is CCCCCC(NC(=O)CN1CCCNC1=O)c1ccccc1. The first-order valence-electron chi connectivity index (χ1n) is 8.57. The summed E-state index contributed by atoms with van der Waals surface area (Å²) in [5, 5.41) is 5.87. The molecule has 1 unspecified atom stereocenters. The fourth-order valence-corrected chi connectivity index (χ4v) is 2.85. The molecule has 0 radical (unpaired) electrons. The number of benzene rings is 1. The van der Waals surface area contributed by atoms with Crippen LogP contribution in [0.5, 0.6) is 0 Å². The van der Waals surface area contributed by atoms with Crippen LogP contribution in [0.15, 0.2) is 30.3 Å². The molecule has 0 aromatic heterocycles. The number of nitrogens with one attached hydrogen (secondary N) is 2. The molecule has 5 nitrogen and oxygen atoms in total. The van der Waals surface area contributed by atoms with E-state index in [1.807, 2.05) is 30.3 Å². The molecule has 1 aliphatic heterocycles. The number of hydrogen-bond acceptors (Lipinski definition) is 2. The molecule has 3 amide bonds. The molecule has 1 heterocycles. The first kappa shape index (κ1) is 17.3. The molecular weight excluding hydrogens is 290 g/mol. The van der Waals surface area contributed by atoms with Crippen LogP contribution in [0.3, 0.4) is 0 Å². The molecule has 2 rings (SSSR count). The second-order valence-corrected chi connectivity index (χ2v) is 6.03. The van der Waals surface area contributed by atoms with Gasteiger partial charge in [-0.3, -0.25) is 4.79 Å². The Morgan fingerprint density at radius 2 is 2.09 bits per heavy atom. The van der Waals surface area contributed by atoms with Gasteiger partial charge in [0.05, 0.1) is 6.04 Å². The van der Waals surface area contributed by atoms with Crippen LogP contribution in [0.2, 0.25) is 0 Å². The third-order valence-corrected chi connectivity index (χ3v) is 4.14. The molecule has 23 heavy (non-hydrogen) atoms. The van der Waals surface area contributed by atoms with Gasteiger partial charge in [0, 0.05) is 13.1 Å². The van der Waals surface area contributed by atoms with E-state index in [1.54, 1.807) is 4.90 Å². The van der Waals surface area contributed by atoms with E-state index in [4.69, 9.17) is 0 Å². The van der Waals surface area contributed by atoms with Crippen molar-refractivity contribution >= 4 is 11.9 Å². The second-order valence-electron chi connectivity index (χ2n) is 6.03. The molecule has 1 fully saturated rings. The van der Waals surface area contributed by atoms with Crippen molar-refractivity contribution < 1.29 is 9.59 Å². The Labute approximate surface area is 138 Å². The Kier molecular flexibility index (Phi) is 6.91. The number of nitrogens with zero attached hydrogens (tertiary/aromatic N) is 1. The highest BCUT2D eigenvalue weighted by Gasteiger charge is 2.21. The quantitative estimate of drug-likeness (QED) is 0.724. The summed E-state index contributed by atoms with van der Waals surface area (Å²) < 4.78 is 0. The summed E-state index contributed by atoms with van der Waals surface area (Å²) in [5.41, 5.74) is 1.13. The van der Waals surface area contributed by atoms with Crippen molar-refractivity contribution in [3.63, 3.8) is 0 Å². The van der Waals surface area contributed by atoms with Gasteiger partial charge in [-0.25, -0.2) is 4.79 Å². The predicted octanol–water partition coefficient (Wildman–Crippen LogP) is 2.84. The topological polar surface area (TPSA) is 61.4 Å². The minimum Gasteiger partial charge on any atom is -0.348 e. The largest absolute Gasteiger partial charge is 0.348 e. The van der Waals surface area contributed by atoms with Crippen LogP contribution in [0.25, 0.3) is 0 Å². The van der Waals surface area contributed by atoms with Crippen molar-refractivity contribution in [2.24, 2.45) is 0 Å². The van der Waals surface area contributed by atoms with Gasteiger partial charge in [0.2, 0.25) is 5.91 Å². The maximum absolute atomic E-state index is 12.3. The van der Waals surface area contributed by atoms with E-state index in [-0.39, 0.29) is 24.5 Å². The van der Waals surface area contributed by atoms with Crippen molar-refractivity contribution in [3.05, 3.63) is 35.9 Å². The molecule has 1 saturated heterocycles. The first-order valence-corrected chi connectivity index (χ1v) is 8.57. The summed E-state index contributed by atoms with van der Waals surface area (Å²) in [4.78, 5) is 25.6. The van der Waals surface area contributed by atoms with Gasteiger partial charge in [0.15, 0.2) is 0 Å². The van der Waals surface area contributed by atoms with Gasteiger partial charge < -0.3 is 15.5 Å². The molecule has 0 saturated carbocycles. The lowest BCUT2D eigenvalue weighted by atomic mass is 10.0. The summed E-state index contributed by atoms with van der Waals surface area (Å²) in [7, 11) is 0. The average molecular weight is 317 g/mol.